The first-order valence-corrected chi connectivity index (χ1v) is 8.73. The molecule has 1 aliphatic rings. The van der Waals surface area contributed by atoms with Gasteiger partial charge < -0.3 is 14.8 Å². The summed E-state index contributed by atoms with van der Waals surface area (Å²) in [6.45, 7) is -2.87. The molecule has 0 unspecified atom stereocenters. The maximum atomic E-state index is 12.5. The first kappa shape index (κ1) is 20.2. The van der Waals surface area contributed by atoms with E-state index < -0.39 is 12.5 Å². The number of rotatable bonds is 7. The number of hydrogen-bond acceptors (Lipinski definition) is 5. The van der Waals surface area contributed by atoms with Crippen molar-refractivity contribution in [3.63, 3.8) is 0 Å². The summed E-state index contributed by atoms with van der Waals surface area (Å²) in [5, 5.41) is 2.59. The lowest BCUT2D eigenvalue weighted by Crippen LogP contribution is -2.28. The number of benzene rings is 2. The number of anilines is 1. The Morgan fingerprint density at radius 3 is 2.31 bits per heavy atom. The van der Waals surface area contributed by atoms with Crippen LogP contribution in [0, 0.1) is 0 Å². The average molecular weight is 404 g/mol. The second kappa shape index (κ2) is 8.68. The maximum absolute atomic E-state index is 12.5. The van der Waals surface area contributed by atoms with Crippen LogP contribution in [0.25, 0.3) is 0 Å². The van der Waals surface area contributed by atoms with E-state index in [4.69, 9.17) is 4.74 Å². The van der Waals surface area contributed by atoms with Gasteiger partial charge in [-0.25, -0.2) is 0 Å². The third kappa shape index (κ3) is 4.87. The van der Waals surface area contributed by atoms with Crippen LogP contribution in [0.1, 0.15) is 28.8 Å². The van der Waals surface area contributed by atoms with Crippen molar-refractivity contribution in [1.82, 2.24) is 4.90 Å². The molecule has 152 valence electrons. The number of halogens is 2. The molecule has 1 N–H and O–H groups in total. The summed E-state index contributed by atoms with van der Waals surface area (Å²) in [5.41, 5.74) is 1.28. The van der Waals surface area contributed by atoms with Gasteiger partial charge in [0.1, 0.15) is 0 Å². The van der Waals surface area contributed by atoms with Crippen LogP contribution in [-0.2, 0) is 16.1 Å². The van der Waals surface area contributed by atoms with Crippen molar-refractivity contribution >= 4 is 23.4 Å². The standard InChI is InChI=1S/C20H18F2N2O5/c1-28-15-7-6-14(10-16(15)29-20(21)22)23-19(27)13-4-2-12(3-5-13)11-24-17(25)8-9-18(24)26/h2-7,10,20H,8-9,11H2,1H3,(H,23,27). The van der Waals surface area contributed by atoms with Gasteiger partial charge in [-0.2, -0.15) is 8.78 Å². The summed E-state index contributed by atoms with van der Waals surface area (Å²) >= 11 is 0. The molecule has 9 heteroatoms. The Balaban J connectivity index is 1.68. The van der Waals surface area contributed by atoms with E-state index in [2.05, 4.69) is 10.1 Å². The molecule has 0 atom stereocenters. The van der Waals surface area contributed by atoms with E-state index in [0.717, 1.165) is 0 Å². The molecular weight excluding hydrogens is 386 g/mol. The molecule has 1 heterocycles. The molecule has 29 heavy (non-hydrogen) atoms. The molecule has 1 fully saturated rings. The Labute approximate surface area is 165 Å². The number of nitrogens with zero attached hydrogens (tertiary/aromatic N) is 1. The fraction of sp³-hybridized carbons (Fsp3) is 0.250. The topological polar surface area (TPSA) is 84.9 Å². The monoisotopic (exact) mass is 404 g/mol. The van der Waals surface area contributed by atoms with E-state index in [1.807, 2.05) is 0 Å². The molecular formula is C20H18F2N2O5. The van der Waals surface area contributed by atoms with E-state index in [0.29, 0.717) is 11.1 Å². The van der Waals surface area contributed by atoms with Gasteiger partial charge in [-0.3, -0.25) is 19.3 Å². The van der Waals surface area contributed by atoms with Crippen LogP contribution in [0.3, 0.4) is 0 Å². The minimum absolute atomic E-state index is 0.110. The normalized spacial score (nSPS) is 13.7. The molecule has 0 bridgehead atoms. The van der Waals surface area contributed by atoms with E-state index in [1.165, 1.54) is 30.2 Å². The lowest BCUT2D eigenvalue weighted by atomic mass is 10.1. The molecule has 0 spiro atoms. The van der Waals surface area contributed by atoms with Crippen molar-refractivity contribution < 1.29 is 32.6 Å². The third-order valence-electron chi connectivity index (χ3n) is 4.35. The zero-order chi connectivity index (χ0) is 21.0. The summed E-state index contributed by atoms with van der Waals surface area (Å²) in [4.78, 5) is 37.0. The molecule has 2 aromatic rings. The molecule has 0 aliphatic carbocycles. The number of hydrogen-bond donors (Lipinski definition) is 1. The van der Waals surface area contributed by atoms with Gasteiger partial charge in [0, 0.05) is 30.2 Å². The molecule has 0 radical (unpaired) electrons. The van der Waals surface area contributed by atoms with Gasteiger partial charge in [0.15, 0.2) is 11.5 Å². The highest BCUT2D eigenvalue weighted by molar-refractivity contribution is 6.04. The Morgan fingerprint density at radius 2 is 1.72 bits per heavy atom. The average Bonchev–Trinajstić information content (AvgIpc) is 3.00. The van der Waals surface area contributed by atoms with Crippen molar-refractivity contribution in [2.75, 3.05) is 12.4 Å². The second-order valence-electron chi connectivity index (χ2n) is 6.27. The number of likely N-dealkylation sites (tertiary alicyclic amines) is 1. The fourth-order valence-electron chi connectivity index (χ4n) is 2.89. The Kier molecular flexibility index (Phi) is 6.06. The smallest absolute Gasteiger partial charge is 0.387 e. The molecule has 7 nitrogen and oxygen atoms in total. The van der Waals surface area contributed by atoms with Gasteiger partial charge >= 0.3 is 6.61 Å². The minimum Gasteiger partial charge on any atom is -0.493 e. The molecule has 0 aromatic heterocycles. The lowest BCUT2D eigenvalue weighted by Gasteiger charge is -2.14. The first-order valence-electron chi connectivity index (χ1n) is 8.73. The molecule has 2 aromatic carbocycles. The predicted octanol–water partition coefficient (Wildman–Crippen LogP) is 3.20. The van der Waals surface area contributed by atoms with Crippen LogP contribution >= 0.6 is 0 Å². The van der Waals surface area contributed by atoms with Gasteiger partial charge in [-0.1, -0.05) is 12.1 Å². The first-order chi connectivity index (χ1) is 13.9. The van der Waals surface area contributed by atoms with Gasteiger partial charge in [-0.15, -0.1) is 0 Å². The van der Waals surface area contributed by atoms with Gasteiger partial charge in [0.2, 0.25) is 11.8 Å². The highest BCUT2D eigenvalue weighted by Gasteiger charge is 2.28. The Morgan fingerprint density at radius 1 is 1.07 bits per heavy atom. The molecule has 3 amide bonds. The summed E-state index contributed by atoms with van der Waals surface area (Å²) in [5.74, 6) is -0.969. The molecule has 1 aliphatic heterocycles. The van der Waals surface area contributed by atoms with Crippen molar-refractivity contribution in [3.8, 4) is 11.5 Å². The zero-order valence-corrected chi connectivity index (χ0v) is 15.5. The number of nitrogens with one attached hydrogen (secondary N) is 1. The fourth-order valence-corrected chi connectivity index (χ4v) is 2.89. The van der Waals surface area contributed by atoms with E-state index >= 15 is 0 Å². The lowest BCUT2D eigenvalue weighted by molar-refractivity contribution is -0.139. The summed E-state index contributed by atoms with van der Waals surface area (Å²) < 4.78 is 34.4. The quantitative estimate of drug-likeness (QED) is 0.717. The SMILES string of the molecule is COc1ccc(NC(=O)c2ccc(CN3C(=O)CCC3=O)cc2)cc1OC(F)F. The van der Waals surface area contributed by atoms with Crippen molar-refractivity contribution in [2.45, 2.75) is 26.0 Å². The Bertz CT molecular complexity index is 915. The maximum Gasteiger partial charge on any atom is 0.387 e. The van der Waals surface area contributed by atoms with E-state index in [9.17, 15) is 23.2 Å². The largest absolute Gasteiger partial charge is 0.493 e. The van der Waals surface area contributed by atoms with Crippen LogP contribution in [0.15, 0.2) is 42.5 Å². The predicted molar refractivity (Wildman–Crippen MR) is 98.8 cm³/mol. The second-order valence-corrected chi connectivity index (χ2v) is 6.27. The van der Waals surface area contributed by atoms with Gasteiger partial charge in [0.25, 0.3) is 5.91 Å². The number of methoxy groups -OCH3 is 1. The zero-order valence-electron chi connectivity index (χ0n) is 15.5. The van der Waals surface area contributed by atoms with Crippen molar-refractivity contribution in [2.24, 2.45) is 0 Å². The number of imide groups is 1. The van der Waals surface area contributed by atoms with E-state index in [1.54, 1.807) is 24.3 Å². The van der Waals surface area contributed by atoms with Crippen LogP contribution in [0.5, 0.6) is 11.5 Å². The number of ether oxygens (including phenoxy) is 2. The van der Waals surface area contributed by atoms with Crippen LogP contribution < -0.4 is 14.8 Å². The van der Waals surface area contributed by atoms with Gasteiger partial charge in [-0.05, 0) is 29.8 Å². The van der Waals surface area contributed by atoms with Crippen LogP contribution in [-0.4, -0.2) is 36.3 Å². The third-order valence-corrected chi connectivity index (χ3v) is 4.35. The Hall–Kier alpha value is -3.49. The van der Waals surface area contributed by atoms with Crippen molar-refractivity contribution in [3.05, 3.63) is 53.6 Å². The summed E-state index contributed by atoms with van der Waals surface area (Å²) in [6.07, 6.45) is 0.441. The number of amides is 3. The molecule has 1 saturated heterocycles. The van der Waals surface area contributed by atoms with Crippen LogP contribution in [0.2, 0.25) is 0 Å². The number of carbonyl (C=O) groups excluding carboxylic acids is 3. The highest BCUT2D eigenvalue weighted by atomic mass is 19.3. The highest BCUT2D eigenvalue weighted by Crippen LogP contribution is 2.31. The van der Waals surface area contributed by atoms with Crippen LogP contribution in [0.4, 0.5) is 14.5 Å². The molecule has 3 rings (SSSR count). The van der Waals surface area contributed by atoms with E-state index in [-0.39, 0.29) is 48.4 Å². The number of alkyl halides is 2. The summed E-state index contributed by atoms with van der Waals surface area (Å²) in [7, 11) is 1.32. The van der Waals surface area contributed by atoms with Crippen molar-refractivity contribution in [1.29, 1.82) is 0 Å². The van der Waals surface area contributed by atoms with Gasteiger partial charge in [0.05, 0.1) is 13.7 Å². The molecule has 0 saturated carbocycles. The minimum atomic E-state index is -3.03. The summed E-state index contributed by atoms with van der Waals surface area (Å²) in [6, 6.07) is 10.5. The number of carbonyl (C=O) groups is 3.